The summed E-state index contributed by atoms with van der Waals surface area (Å²) in [5.74, 6) is 0.810. The summed E-state index contributed by atoms with van der Waals surface area (Å²) in [5, 5.41) is 9.70. The van der Waals surface area contributed by atoms with Crippen molar-refractivity contribution in [1.82, 2.24) is 15.8 Å². The zero-order valence-electron chi connectivity index (χ0n) is 16.3. The number of aromatic nitrogens is 1. The van der Waals surface area contributed by atoms with Crippen LogP contribution in [0.15, 0.2) is 16.9 Å². The molecule has 1 spiro atoms. The lowest BCUT2D eigenvalue weighted by Crippen LogP contribution is -2.61. The van der Waals surface area contributed by atoms with E-state index in [1.165, 1.54) is 31.6 Å². The first-order chi connectivity index (χ1) is 13.9. The Bertz CT molecular complexity index is 907. The molecule has 1 aromatic rings. The van der Waals surface area contributed by atoms with Crippen LogP contribution in [0.25, 0.3) is 0 Å². The van der Waals surface area contributed by atoms with Crippen molar-refractivity contribution < 1.29 is 22.5 Å². The molecule has 3 saturated carbocycles. The third-order valence-corrected chi connectivity index (χ3v) is 10.3. The fourth-order valence-corrected chi connectivity index (χ4v) is 8.46. The standard InChI is InChI=1S/C20H27N3O5S/c24-18(22-17-8-12-1-2-13(17)7-12)14-9-20(10-14)11-15(4-6-29(20,26)27)21-19(25)16-3-5-28-23-16/h3,5,12-15,17H,1-2,4,6-11H2,(H,21,25)(H,22,24). The Hall–Kier alpha value is -1.90. The topological polar surface area (TPSA) is 118 Å². The molecule has 1 aromatic heterocycles. The summed E-state index contributed by atoms with van der Waals surface area (Å²) in [6, 6.07) is 1.51. The Balaban J connectivity index is 1.20. The van der Waals surface area contributed by atoms with Crippen molar-refractivity contribution in [1.29, 1.82) is 0 Å². The van der Waals surface area contributed by atoms with E-state index in [4.69, 9.17) is 4.52 Å². The Labute approximate surface area is 170 Å². The zero-order chi connectivity index (χ0) is 20.2. The molecule has 4 aliphatic rings. The summed E-state index contributed by atoms with van der Waals surface area (Å²) in [7, 11) is -3.28. The van der Waals surface area contributed by atoms with Gasteiger partial charge in [0.1, 0.15) is 6.26 Å². The van der Waals surface area contributed by atoms with Crippen molar-refractivity contribution in [3.8, 4) is 0 Å². The second-order valence-corrected chi connectivity index (χ2v) is 11.9. The Morgan fingerprint density at radius 3 is 2.59 bits per heavy atom. The first-order valence-electron chi connectivity index (χ1n) is 10.6. The van der Waals surface area contributed by atoms with E-state index >= 15 is 0 Å². The summed E-state index contributed by atoms with van der Waals surface area (Å²) in [5.41, 5.74) is 0.184. The van der Waals surface area contributed by atoms with Crippen molar-refractivity contribution in [2.45, 2.75) is 68.2 Å². The molecular formula is C20H27N3O5S. The van der Waals surface area contributed by atoms with E-state index in [0.717, 1.165) is 12.3 Å². The van der Waals surface area contributed by atoms with Gasteiger partial charge in [-0.15, -0.1) is 0 Å². The van der Waals surface area contributed by atoms with E-state index in [2.05, 4.69) is 15.8 Å². The van der Waals surface area contributed by atoms with E-state index in [1.54, 1.807) is 0 Å². The maximum atomic E-state index is 12.8. The van der Waals surface area contributed by atoms with Gasteiger partial charge in [-0.05, 0) is 56.8 Å². The molecule has 2 amide bonds. The maximum Gasteiger partial charge on any atom is 0.273 e. The van der Waals surface area contributed by atoms with Crippen LogP contribution in [0.3, 0.4) is 0 Å². The Kier molecular flexibility index (Phi) is 4.49. The molecular weight excluding hydrogens is 394 g/mol. The van der Waals surface area contributed by atoms with E-state index in [9.17, 15) is 18.0 Å². The minimum Gasteiger partial charge on any atom is -0.364 e. The molecule has 5 rings (SSSR count). The molecule has 1 saturated heterocycles. The normalized spacial score (nSPS) is 39.8. The van der Waals surface area contributed by atoms with Crippen LogP contribution in [0.2, 0.25) is 0 Å². The van der Waals surface area contributed by atoms with Gasteiger partial charge >= 0.3 is 0 Å². The van der Waals surface area contributed by atoms with Crippen LogP contribution in [-0.4, -0.2) is 48.0 Å². The quantitative estimate of drug-likeness (QED) is 0.759. The van der Waals surface area contributed by atoms with Crippen LogP contribution in [0.4, 0.5) is 0 Å². The smallest absolute Gasteiger partial charge is 0.273 e. The summed E-state index contributed by atoms with van der Waals surface area (Å²) in [6.45, 7) is 0. The van der Waals surface area contributed by atoms with Gasteiger partial charge in [-0.2, -0.15) is 0 Å². The van der Waals surface area contributed by atoms with Crippen molar-refractivity contribution in [3.63, 3.8) is 0 Å². The number of nitrogens with zero attached hydrogens (tertiary/aromatic N) is 1. The van der Waals surface area contributed by atoms with E-state index < -0.39 is 14.6 Å². The van der Waals surface area contributed by atoms with Crippen LogP contribution in [-0.2, 0) is 14.6 Å². The molecule has 4 unspecified atom stereocenters. The number of sulfone groups is 1. The third-order valence-electron chi connectivity index (χ3n) is 7.69. The fourth-order valence-electron chi connectivity index (χ4n) is 6.07. The van der Waals surface area contributed by atoms with Gasteiger partial charge in [0, 0.05) is 24.1 Å². The molecule has 2 heterocycles. The maximum absolute atomic E-state index is 12.8. The highest BCUT2D eigenvalue weighted by Gasteiger charge is 2.58. The van der Waals surface area contributed by atoms with Gasteiger partial charge in [0.15, 0.2) is 15.5 Å². The molecule has 2 bridgehead atoms. The molecule has 8 nitrogen and oxygen atoms in total. The average Bonchev–Trinajstić information content (AvgIpc) is 3.39. The number of rotatable bonds is 4. The minimum absolute atomic E-state index is 0.0112. The second-order valence-electron chi connectivity index (χ2n) is 9.44. The van der Waals surface area contributed by atoms with E-state index in [0.29, 0.717) is 31.6 Å². The van der Waals surface area contributed by atoms with Gasteiger partial charge in [-0.3, -0.25) is 9.59 Å². The van der Waals surface area contributed by atoms with Gasteiger partial charge in [0.2, 0.25) is 5.91 Å². The van der Waals surface area contributed by atoms with Crippen LogP contribution >= 0.6 is 0 Å². The molecule has 0 aromatic carbocycles. The minimum atomic E-state index is -3.28. The van der Waals surface area contributed by atoms with Crippen molar-refractivity contribution in [2.24, 2.45) is 17.8 Å². The van der Waals surface area contributed by atoms with Crippen LogP contribution in [0.5, 0.6) is 0 Å². The summed E-state index contributed by atoms with van der Waals surface area (Å²) in [6.07, 6.45) is 7.56. The van der Waals surface area contributed by atoms with E-state index in [1.807, 2.05) is 0 Å². The number of hydrogen-bond acceptors (Lipinski definition) is 6. The average molecular weight is 422 g/mol. The third kappa shape index (κ3) is 3.27. The number of carbonyl (C=O) groups excluding carboxylic acids is 2. The molecule has 1 aliphatic heterocycles. The highest BCUT2D eigenvalue weighted by Crippen LogP contribution is 2.51. The molecule has 158 valence electrons. The first kappa shape index (κ1) is 19.1. The lowest BCUT2D eigenvalue weighted by molar-refractivity contribution is -0.129. The fraction of sp³-hybridized carbons (Fsp3) is 0.750. The van der Waals surface area contributed by atoms with Crippen molar-refractivity contribution in [3.05, 3.63) is 18.0 Å². The zero-order valence-corrected chi connectivity index (χ0v) is 17.1. The lowest BCUT2D eigenvalue weighted by atomic mass is 9.70. The van der Waals surface area contributed by atoms with Crippen molar-refractivity contribution in [2.75, 3.05) is 5.75 Å². The van der Waals surface area contributed by atoms with Gasteiger partial charge in [-0.25, -0.2) is 8.42 Å². The summed E-state index contributed by atoms with van der Waals surface area (Å²) in [4.78, 5) is 24.9. The van der Waals surface area contributed by atoms with Gasteiger partial charge in [-0.1, -0.05) is 11.6 Å². The Morgan fingerprint density at radius 2 is 1.93 bits per heavy atom. The highest BCUT2D eigenvalue weighted by molar-refractivity contribution is 7.92. The van der Waals surface area contributed by atoms with Crippen LogP contribution in [0, 0.1) is 17.8 Å². The molecule has 9 heteroatoms. The molecule has 3 aliphatic carbocycles. The van der Waals surface area contributed by atoms with Crippen molar-refractivity contribution >= 4 is 21.7 Å². The molecule has 0 radical (unpaired) electrons. The number of amides is 2. The monoisotopic (exact) mass is 421 g/mol. The first-order valence-corrected chi connectivity index (χ1v) is 12.2. The number of carbonyl (C=O) groups is 2. The molecule has 29 heavy (non-hydrogen) atoms. The second kappa shape index (κ2) is 6.82. The number of nitrogens with one attached hydrogen (secondary N) is 2. The SMILES string of the molecule is O=C(NC1CCS(=O)(=O)C2(C1)CC(C(=O)NC1CC3CCC1C3)C2)c1ccon1. The van der Waals surface area contributed by atoms with Crippen LogP contribution < -0.4 is 10.6 Å². The van der Waals surface area contributed by atoms with E-state index in [-0.39, 0.29) is 41.3 Å². The molecule has 2 N–H and O–H groups in total. The number of hydrogen-bond donors (Lipinski definition) is 2. The predicted molar refractivity (Wildman–Crippen MR) is 104 cm³/mol. The Morgan fingerprint density at radius 1 is 1.10 bits per heavy atom. The van der Waals surface area contributed by atoms with Gasteiger partial charge < -0.3 is 15.2 Å². The summed E-state index contributed by atoms with van der Waals surface area (Å²) < 4.78 is 29.4. The molecule has 4 atom stereocenters. The number of fused-ring (bicyclic) bond motifs is 2. The van der Waals surface area contributed by atoms with Crippen LogP contribution in [0.1, 0.15) is 61.9 Å². The predicted octanol–water partition coefficient (Wildman–Crippen LogP) is 1.44. The van der Waals surface area contributed by atoms with Gasteiger partial charge in [0.25, 0.3) is 5.91 Å². The van der Waals surface area contributed by atoms with Gasteiger partial charge in [0.05, 0.1) is 10.5 Å². The summed E-state index contributed by atoms with van der Waals surface area (Å²) >= 11 is 0. The highest BCUT2D eigenvalue weighted by atomic mass is 32.2. The largest absolute Gasteiger partial charge is 0.364 e. The lowest BCUT2D eigenvalue weighted by Gasteiger charge is -2.50. The molecule has 4 fully saturated rings.